The van der Waals surface area contributed by atoms with Gasteiger partial charge in [-0.3, -0.25) is 9.88 Å². The molecule has 0 aromatic carbocycles. The molecule has 1 spiro atoms. The Morgan fingerprint density at radius 3 is 2.75 bits per heavy atom. The third-order valence-corrected chi connectivity index (χ3v) is 5.40. The minimum atomic E-state index is -0.410. The average molecular weight is 326 g/mol. The third kappa shape index (κ3) is 2.04. The number of oxazole rings is 1. The number of hydrogen-bond donors (Lipinski definition) is 0. The Hall–Kier alpha value is -2.41. The summed E-state index contributed by atoms with van der Waals surface area (Å²) in [7, 11) is 0. The summed E-state index contributed by atoms with van der Waals surface area (Å²) < 4.78 is 11.6. The lowest BCUT2D eigenvalue weighted by Gasteiger charge is -2.49. The molecular formula is C17H18N4O3. The minimum absolute atomic E-state index is 0.286. The fraction of sp³-hybridized carbons (Fsp3) is 0.471. The quantitative estimate of drug-likeness (QED) is 0.842. The van der Waals surface area contributed by atoms with Gasteiger partial charge in [0.15, 0.2) is 5.76 Å². The second-order valence-electron chi connectivity index (χ2n) is 6.79. The number of rotatable bonds is 2. The molecule has 0 saturated carbocycles. The lowest BCUT2D eigenvalue weighted by molar-refractivity contribution is -0.0881. The lowest BCUT2D eigenvalue weighted by atomic mass is 9.75. The molecule has 24 heavy (non-hydrogen) atoms. The van der Waals surface area contributed by atoms with Gasteiger partial charge in [-0.1, -0.05) is 6.07 Å². The zero-order valence-electron chi connectivity index (χ0n) is 13.2. The summed E-state index contributed by atoms with van der Waals surface area (Å²) in [6.45, 7) is 3.53. The summed E-state index contributed by atoms with van der Waals surface area (Å²) >= 11 is 0. The van der Waals surface area contributed by atoms with Gasteiger partial charge < -0.3 is 9.15 Å². The van der Waals surface area contributed by atoms with Crippen LogP contribution in [0, 0.1) is 5.92 Å². The van der Waals surface area contributed by atoms with Crippen LogP contribution in [0.25, 0.3) is 11.5 Å². The van der Waals surface area contributed by atoms with Crippen LogP contribution < -0.4 is 4.90 Å². The Kier molecular flexibility index (Phi) is 2.94. The topological polar surface area (TPSA) is 71.7 Å². The van der Waals surface area contributed by atoms with E-state index in [1.807, 2.05) is 18.2 Å². The molecule has 1 atom stereocenters. The van der Waals surface area contributed by atoms with Gasteiger partial charge in [-0.2, -0.15) is 0 Å². The monoisotopic (exact) mass is 326 g/mol. The SMILES string of the molecule is O=C1O[C@]2(CN3CCC2CC3)CN1c1ncc(-c2ccccn2)o1. The minimum Gasteiger partial charge on any atom is -0.439 e. The number of amides is 1. The number of ether oxygens (including phenoxy) is 1. The second-order valence-corrected chi connectivity index (χ2v) is 6.79. The van der Waals surface area contributed by atoms with E-state index in [0.717, 1.165) is 32.5 Å². The molecule has 7 nitrogen and oxygen atoms in total. The number of nitrogens with zero attached hydrogens (tertiary/aromatic N) is 4. The molecule has 2 aromatic heterocycles. The molecule has 124 valence electrons. The molecule has 6 rings (SSSR count). The van der Waals surface area contributed by atoms with Crippen molar-refractivity contribution in [2.24, 2.45) is 5.92 Å². The predicted molar refractivity (Wildman–Crippen MR) is 85.5 cm³/mol. The molecule has 2 bridgehead atoms. The summed E-state index contributed by atoms with van der Waals surface area (Å²) in [6.07, 6.45) is 5.12. The van der Waals surface area contributed by atoms with Gasteiger partial charge in [0.2, 0.25) is 0 Å². The Morgan fingerprint density at radius 1 is 1.17 bits per heavy atom. The molecule has 4 aliphatic heterocycles. The van der Waals surface area contributed by atoms with Gasteiger partial charge in [0.1, 0.15) is 11.3 Å². The maximum Gasteiger partial charge on any atom is 0.418 e. The molecule has 1 amide bonds. The summed E-state index contributed by atoms with van der Waals surface area (Å²) in [5, 5.41) is 0. The number of aromatic nitrogens is 2. The van der Waals surface area contributed by atoms with E-state index in [9.17, 15) is 4.79 Å². The zero-order chi connectivity index (χ0) is 16.1. The summed E-state index contributed by atoms with van der Waals surface area (Å²) in [5.74, 6) is 0.981. The van der Waals surface area contributed by atoms with Crippen LogP contribution in [-0.2, 0) is 4.74 Å². The van der Waals surface area contributed by atoms with E-state index in [2.05, 4.69) is 14.9 Å². The van der Waals surface area contributed by atoms with Gasteiger partial charge in [-0.15, -0.1) is 0 Å². The van der Waals surface area contributed by atoms with E-state index in [1.165, 1.54) is 4.90 Å². The first kappa shape index (κ1) is 14.0. The molecule has 2 aromatic rings. The molecule has 0 N–H and O–H groups in total. The van der Waals surface area contributed by atoms with Crippen LogP contribution in [0.4, 0.5) is 10.8 Å². The largest absolute Gasteiger partial charge is 0.439 e. The Morgan fingerprint density at radius 2 is 2.04 bits per heavy atom. The smallest absolute Gasteiger partial charge is 0.418 e. The van der Waals surface area contributed by atoms with Gasteiger partial charge in [-0.05, 0) is 38.1 Å². The Bertz CT molecular complexity index is 769. The summed E-state index contributed by atoms with van der Waals surface area (Å²) in [5.41, 5.74) is 0.286. The number of fused-ring (bicyclic) bond motifs is 2. The molecule has 0 unspecified atom stereocenters. The standard InChI is InChI=1S/C17H18N4O3/c22-16-21(11-17(24-16)10-20-7-4-12(17)5-8-20)15-19-9-14(23-15)13-3-1-2-6-18-13/h1-3,6,9,12H,4-5,7-8,10-11H2/t17-/m1/s1. The first-order chi connectivity index (χ1) is 11.7. The Balaban J connectivity index is 1.42. The fourth-order valence-electron chi connectivity index (χ4n) is 4.18. The van der Waals surface area contributed by atoms with Gasteiger partial charge in [-0.25, -0.2) is 14.7 Å². The number of hydrogen-bond acceptors (Lipinski definition) is 6. The van der Waals surface area contributed by atoms with Crippen molar-refractivity contribution in [1.29, 1.82) is 0 Å². The first-order valence-electron chi connectivity index (χ1n) is 8.34. The summed E-state index contributed by atoms with van der Waals surface area (Å²) in [4.78, 5) is 24.9. The van der Waals surface area contributed by atoms with Crippen LogP contribution in [0.1, 0.15) is 12.8 Å². The lowest BCUT2D eigenvalue weighted by Crippen LogP contribution is -2.61. The number of carbonyl (C=O) groups is 1. The number of anilines is 1. The van der Waals surface area contributed by atoms with Crippen molar-refractivity contribution < 1.29 is 13.9 Å². The van der Waals surface area contributed by atoms with E-state index in [1.54, 1.807) is 12.4 Å². The van der Waals surface area contributed by atoms with E-state index >= 15 is 0 Å². The third-order valence-electron chi connectivity index (χ3n) is 5.40. The maximum absolute atomic E-state index is 12.4. The maximum atomic E-state index is 12.4. The first-order valence-corrected chi connectivity index (χ1v) is 8.34. The molecule has 7 heteroatoms. The summed E-state index contributed by atoms with van der Waals surface area (Å²) in [6, 6.07) is 5.86. The van der Waals surface area contributed by atoms with Crippen molar-refractivity contribution in [2.45, 2.75) is 18.4 Å². The highest BCUT2D eigenvalue weighted by Crippen LogP contribution is 2.43. The number of pyridine rings is 1. The molecular weight excluding hydrogens is 308 g/mol. The van der Waals surface area contributed by atoms with Gasteiger partial charge in [0, 0.05) is 18.7 Å². The van der Waals surface area contributed by atoms with Crippen LogP contribution in [0.3, 0.4) is 0 Å². The van der Waals surface area contributed by atoms with E-state index in [-0.39, 0.29) is 12.1 Å². The van der Waals surface area contributed by atoms with Gasteiger partial charge in [0.25, 0.3) is 0 Å². The van der Waals surface area contributed by atoms with Crippen LogP contribution in [0.5, 0.6) is 0 Å². The average Bonchev–Trinajstić information content (AvgIpc) is 3.22. The van der Waals surface area contributed by atoms with Crippen molar-refractivity contribution in [3.05, 3.63) is 30.6 Å². The van der Waals surface area contributed by atoms with Crippen LogP contribution >= 0.6 is 0 Å². The van der Waals surface area contributed by atoms with Crippen LogP contribution in [-0.4, -0.2) is 52.7 Å². The molecule has 4 saturated heterocycles. The number of carbonyl (C=O) groups excluding carboxylic acids is 1. The van der Waals surface area contributed by atoms with Gasteiger partial charge in [0.05, 0.1) is 12.7 Å². The molecule has 6 heterocycles. The molecule has 0 radical (unpaired) electrons. The van der Waals surface area contributed by atoms with Crippen molar-refractivity contribution in [3.63, 3.8) is 0 Å². The highest BCUT2D eigenvalue weighted by Gasteiger charge is 2.56. The van der Waals surface area contributed by atoms with Gasteiger partial charge >= 0.3 is 12.1 Å². The number of piperidine rings is 3. The van der Waals surface area contributed by atoms with E-state index in [4.69, 9.17) is 9.15 Å². The van der Waals surface area contributed by atoms with E-state index in [0.29, 0.717) is 23.9 Å². The van der Waals surface area contributed by atoms with Crippen molar-refractivity contribution in [1.82, 2.24) is 14.9 Å². The molecule has 0 aliphatic carbocycles. The van der Waals surface area contributed by atoms with Crippen LogP contribution in [0.15, 0.2) is 35.0 Å². The van der Waals surface area contributed by atoms with Crippen LogP contribution in [0.2, 0.25) is 0 Å². The predicted octanol–water partition coefficient (Wildman–Crippen LogP) is 2.16. The normalized spacial score (nSPS) is 31.7. The van der Waals surface area contributed by atoms with Crippen molar-refractivity contribution in [2.75, 3.05) is 31.1 Å². The molecule has 4 fully saturated rings. The highest BCUT2D eigenvalue weighted by atomic mass is 16.6. The van der Waals surface area contributed by atoms with Crippen molar-refractivity contribution >= 4 is 12.1 Å². The zero-order valence-corrected chi connectivity index (χ0v) is 13.2. The molecule has 4 aliphatic rings. The second kappa shape index (κ2) is 5.04. The Labute approximate surface area is 139 Å². The highest BCUT2D eigenvalue weighted by molar-refractivity contribution is 5.88. The van der Waals surface area contributed by atoms with Crippen molar-refractivity contribution in [3.8, 4) is 11.5 Å². The van der Waals surface area contributed by atoms with E-state index < -0.39 is 5.60 Å². The fourth-order valence-corrected chi connectivity index (χ4v) is 4.18.